The Labute approximate surface area is 201 Å². The molecule has 1 fully saturated rings. The highest BCUT2D eigenvalue weighted by Gasteiger charge is 2.45. The van der Waals surface area contributed by atoms with Crippen LogP contribution in [-0.4, -0.2) is 55.5 Å². The first kappa shape index (κ1) is 24.4. The van der Waals surface area contributed by atoms with E-state index in [1.807, 2.05) is 6.92 Å². The summed E-state index contributed by atoms with van der Waals surface area (Å²) in [4.78, 5) is 23.0. The molecular weight excluding hydrogens is 476 g/mol. The third kappa shape index (κ3) is 4.51. The van der Waals surface area contributed by atoms with Gasteiger partial charge < -0.3 is 5.11 Å². The number of nitro groups is 1. The molecule has 1 saturated heterocycles. The standard InChI is InChI=1S/C22H24N6O6S/c1-15-5-11-18(12-6-15)35(33,34)26-13-3-4-19(26)20-23-24-25-27(20)22(2,21(29)30)14-16-7-9-17(10-8-16)28(31)32/h5-12,19H,3-4,13-14H2,1-2H3,(H,29,30)/t19?,22-/m0/s1. The molecule has 1 unspecified atom stereocenters. The summed E-state index contributed by atoms with van der Waals surface area (Å²) >= 11 is 0. The minimum absolute atomic E-state index is 0.0736. The van der Waals surface area contributed by atoms with Gasteiger partial charge in [-0.15, -0.1) is 5.10 Å². The van der Waals surface area contributed by atoms with E-state index in [0.717, 1.165) is 10.2 Å². The predicted octanol–water partition coefficient (Wildman–Crippen LogP) is 2.46. The molecule has 0 radical (unpaired) electrons. The Morgan fingerprint density at radius 2 is 1.86 bits per heavy atom. The van der Waals surface area contributed by atoms with Gasteiger partial charge in [0.25, 0.3) is 5.69 Å². The van der Waals surface area contributed by atoms with Crippen LogP contribution >= 0.6 is 0 Å². The maximum Gasteiger partial charge on any atom is 0.331 e. The zero-order valence-electron chi connectivity index (χ0n) is 19.1. The van der Waals surface area contributed by atoms with Gasteiger partial charge >= 0.3 is 5.97 Å². The number of tetrazole rings is 1. The van der Waals surface area contributed by atoms with Gasteiger partial charge in [0.1, 0.15) is 0 Å². The van der Waals surface area contributed by atoms with E-state index >= 15 is 0 Å². The van der Waals surface area contributed by atoms with E-state index in [1.165, 1.54) is 35.5 Å². The second kappa shape index (κ2) is 9.15. The second-order valence-corrected chi connectivity index (χ2v) is 10.6. The smallest absolute Gasteiger partial charge is 0.331 e. The second-order valence-electron chi connectivity index (χ2n) is 8.72. The Balaban J connectivity index is 1.70. The Bertz CT molecular complexity index is 1360. The van der Waals surface area contributed by atoms with Gasteiger partial charge in [-0.3, -0.25) is 10.1 Å². The summed E-state index contributed by atoms with van der Waals surface area (Å²) < 4.78 is 29.3. The van der Waals surface area contributed by atoms with Gasteiger partial charge in [0, 0.05) is 25.1 Å². The topological polar surface area (TPSA) is 161 Å². The molecule has 1 aliphatic heterocycles. The van der Waals surface area contributed by atoms with Crippen molar-refractivity contribution in [3.8, 4) is 0 Å². The Morgan fingerprint density at radius 3 is 2.46 bits per heavy atom. The molecule has 0 saturated carbocycles. The summed E-state index contributed by atoms with van der Waals surface area (Å²) in [5, 5.41) is 32.8. The van der Waals surface area contributed by atoms with E-state index in [-0.39, 0.29) is 29.4 Å². The van der Waals surface area contributed by atoms with Gasteiger partial charge in [-0.1, -0.05) is 29.8 Å². The third-order valence-corrected chi connectivity index (χ3v) is 8.17. The highest BCUT2D eigenvalue weighted by atomic mass is 32.2. The summed E-state index contributed by atoms with van der Waals surface area (Å²) in [6.45, 7) is 3.55. The van der Waals surface area contributed by atoms with E-state index in [1.54, 1.807) is 24.3 Å². The van der Waals surface area contributed by atoms with Crippen LogP contribution in [0.2, 0.25) is 0 Å². The van der Waals surface area contributed by atoms with Crippen LogP contribution < -0.4 is 0 Å². The lowest BCUT2D eigenvalue weighted by Gasteiger charge is -2.29. The molecule has 2 heterocycles. The first-order valence-electron chi connectivity index (χ1n) is 10.9. The van der Waals surface area contributed by atoms with Crippen LogP contribution in [0.3, 0.4) is 0 Å². The number of aryl methyl sites for hydroxylation is 1. The van der Waals surface area contributed by atoms with Crippen LogP contribution in [-0.2, 0) is 26.8 Å². The fourth-order valence-electron chi connectivity index (χ4n) is 4.26. The summed E-state index contributed by atoms with van der Waals surface area (Å²) in [7, 11) is -3.87. The molecule has 1 N–H and O–H groups in total. The van der Waals surface area contributed by atoms with E-state index in [2.05, 4.69) is 15.5 Å². The number of aliphatic carboxylic acids is 1. The van der Waals surface area contributed by atoms with Gasteiger partial charge in [0.2, 0.25) is 10.0 Å². The minimum Gasteiger partial charge on any atom is -0.479 e. The number of benzene rings is 2. The van der Waals surface area contributed by atoms with Crippen molar-refractivity contribution in [1.29, 1.82) is 0 Å². The number of carboxylic acid groups (broad SMARTS) is 1. The van der Waals surface area contributed by atoms with Crippen molar-refractivity contribution in [3.63, 3.8) is 0 Å². The average molecular weight is 501 g/mol. The van der Waals surface area contributed by atoms with E-state index in [0.29, 0.717) is 18.4 Å². The van der Waals surface area contributed by atoms with E-state index in [9.17, 15) is 28.4 Å². The zero-order chi connectivity index (χ0) is 25.4. The lowest BCUT2D eigenvalue weighted by molar-refractivity contribution is -0.384. The van der Waals surface area contributed by atoms with Crippen LogP contribution in [0.1, 0.15) is 42.8 Å². The van der Waals surface area contributed by atoms with Crippen molar-refractivity contribution in [2.24, 2.45) is 0 Å². The lowest BCUT2D eigenvalue weighted by Crippen LogP contribution is -2.44. The minimum atomic E-state index is -3.87. The molecule has 0 spiro atoms. The number of nitro benzene ring substituents is 1. The van der Waals surface area contributed by atoms with Crippen molar-refractivity contribution in [2.45, 2.75) is 49.6 Å². The molecule has 13 heteroatoms. The summed E-state index contributed by atoms with van der Waals surface area (Å²) in [5.41, 5.74) is -0.333. The van der Waals surface area contributed by atoms with Gasteiger partial charge in [0.05, 0.1) is 15.9 Å². The van der Waals surface area contributed by atoms with Crippen molar-refractivity contribution in [3.05, 3.63) is 75.6 Å². The molecule has 0 aliphatic carbocycles. The fraction of sp³-hybridized carbons (Fsp3) is 0.364. The highest BCUT2D eigenvalue weighted by Crippen LogP contribution is 2.37. The molecule has 2 aromatic carbocycles. The van der Waals surface area contributed by atoms with Crippen molar-refractivity contribution < 1.29 is 23.2 Å². The van der Waals surface area contributed by atoms with Gasteiger partial charge in [-0.2, -0.15) is 4.31 Å². The zero-order valence-corrected chi connectivity index (χ0v) is 19.9. The molecule has 1 aromatic heterocycles. The van der Waals surface area contributed by atoms with Gasteiger partial charge in [0.15, 0.2) is 11.4 Å². The normalized spacial score (nSPS) is 18.3. The molecule has 184 valence electrons. The first-order chi connectivity index (χ1) is 16.5. The molecule has 35 heavy (non-hydrogen) atoms. The molecular formula is C22H24N6O6S. The molecule has 12 nitrogen and oxygen atoms in total. The van der Waals surface area contributed by atoms with Crippen molar-refractivity contribution in [2.75, 3.05) is 6.54 Å². The van der Waals surface area contributed by atoms with Crippen LogP contribution in [0.15, 0.2) is 53.4 Å². The fourth-order valence-corrected chi connectivity index (χ4v) is 5.91. The van der Waals surface area contributed by atoms with Crippen LogP contribution in [0.25, 0.3) is 0 Å². The molecule has 3 aromatic rings. The average Bonchev–Trinajstić information content (AvgIpc) is 3.49. The SMILES string of the molecule is Cc1ccc(S(=O)(=O)N2CCCC2c2nnnn2[C@@](C)(Cc2ccc([N+](=O)[O-])cc2)C(=O)O)cc1. The summed E-state index contributed by atoms with van der Waals surface area (Å²) in [6, 6.07) is 11.3. The van der Waals surface area contributed by atoms with Crippen LogP contribution in [0.5, 0.6) is 0 Å². The number of hydrogen-bond acceptors (Lipinski definition) is 8. The monoisotopic (exact) mass is 500 g/mol. The molecule has 0 bridgehead atoms. The van der Waals surface area contributed by atoms with E-state index in [4.69, 9.17) is 0 Å². The number of nitrogens with zero attached hydrogens (tertiary/aromatic N) is 6. The number of carbonyl (C=O) groups is 1. The van der Waals surface area contributed by atoms with Crippen molar-refractivity contribution in [1.82, 2.24) is 24.5 Å². The maximum atomic E-state index is 13.4. The van der Waals surface area contributed by atoms with Gasteiger partial charge in [-0.05, 0) is 54.8 Å². The van der Waals surface area contributed by atoms with Crippen LogP contribution in [0.4, 0.5) is 5.69 Å². The lowest BCUT2D eigenvalue weighted by atomic mass is 9.92. The summed E-state index contributed by atoms with van der Waals surface area (Å²) in [6.07, 6.45) is 0.920. The Kier molecular flexibility index (Phi) is 6.38. The van der Waals surface area contributed by atoms with Crippen LogP contribution in [0, 0.1) is 17.0 Å². The number of rotatable bonds is 8. The molecule has 4 rings (SSSR count). The number of carboxylic acids is 1. The molecule has 1 aliphatic rings. The quantitative estimate of drug-likeness (QED) is 0.362. The van der Waals surface area contributed by atoms with Gasteiger partial charge in [-0.25, -0.2) is 17.9 Å². The first-order valence-corrected chi connectivity index (χ1v) is 12.3. The van der Waals surface area contributed by atoms with E-state index < -0.39 is 32.5 Å². The maximum absolute atomic E-state index is 13.4. The summed E-state index contributed by atoms with van der Waals surface area (Å²) in [5.74, 6) is -1.10. The Morgan fingerprint density at radius 1 is 1.20 bits per heavy atom. The predicted molar refractivity (Wildman–Crippen MR) is 123 cm³/mol. The molecule has 2 atom stereocenters. The number of hydrogen-bond donors (Lipinski definition) is 1. The third-order valence-electron chi connectivity index (χ3n) is 6.25. The van der Waals surface area contributed by atoms with Crippen molar-refractivity contribution >= 4 is 21.7 Å². The molecule has 0 amide bonds. The largest absolute Gasteiger partial charge is 0.479 e. The highest BCUT2D eigenvalue weighted by molar-refractivity contribution is 7.89. The Hall–Kier alpha value is -3.71. The number of sulfonamides is 1. The number of non-ortho nitro benzene ring substituents is 1. The number of aromatic nitrogens is 4.